The molecule has 0 saturated carbocycles. The minimum atomic E-state index is -1.50. The number of aliphatic carboxylic acids is 2. The molecule has 0 bridgehead atoms. The Balaban J connectivity index is 0. The molecule has 0 heterocycles. The summed E-state index contributed by atoms with van der Waals surface area (Å²) in [5.74, 6) is -2.88. The van der Waals surface area contributed by atoms with Crippen molar-refractivity contribution in [2.24, 2.45) is 5.92 Å². The largest absolute Gasteiger partial charge is 2.00 e. The van der Waals surface area contributed by atoms with Crippen LogP contribution >= 0.6 is 0 Å². The Bertz CT molecular complexity index is 220. The second kappa shape index (κ2) is 6.78. The molecule has 0 rings (SSSR count). The van der Waals surface area contributed by atoms with E-state index in [4.69, 9.17) is 0 Å². The van der Waals surface area contributed by atoms with Gasteiger partial charge < -0.3 is 19.8 Å². The van der Waals surface area contributed by atoms with E-state index in [2.05, 4.69) is 0 Å². The van der Waals surface area contributed by atoms with Crippen LogP contribution in [0, 0.1) is 5.92 Å². The zero-order chi connectivity index (χ0) is 9.72. The average molecular weight is 236 g/mol. The van der Waals surface area contributed by atoms with Crippen LogP contribution < -0.4 is 10.2 Å². The van der Waals surface area contributed by atoms with Crippen LogP contribution in [0.3, 0.4) is 0 Å². The fourth-order valence-electron chi connectivity index (χ4n) is 0.783. The number of hydrogen-bond acceptors (Lipinski definition) is 4. The molecule has 0 atom stereocenters. The Morgan fingerprint density at radius 3 is 2.00 bits per heavy atom. The summed E-state index contributed by atoms with van der Waals surface area (Å²) in [6, 6.07) is 0. The molecule has 5 heteroatoms. The Hall–Kier alpha value is -0.697. The molecule has 0 spiro atoms. The average Bonchev–Trinajstić information content (AvgIpc) is 1.83. The predicted molar refractivity (Wildman–Crippen MR) is 37.6 cm³/mol. The Labute approximate surface area is 89.4 Å². The van der Waals surface area contributed by atoms with Crippen LogP contribution in [-0.2, 0) is 29.1 Å². The summed E-state index contributed by atoms with van der Waals surface area (Å²) in [6.07, 6.45) is 0.742. The van der Waals surface area contributed by atoms with Crippen LogP contribution in [0.1, 0.15) is 20.3 Å². The molecule has 0 fully saturated rings. The fraction of sp³-hybridized carbons (Fsp3) is 0.500. The number of rotatable bonds is 4. The van der Waals surface area contributed by atoms with Gasteiger partial charge in [-0.1, -0.05) is 13.8 Å². The van der Waals surface area contributed by atoms with E-state index in [0.717, 1.165) is 0 Å². The molecule has 0 unspecified atom stereocenters. The maximum absolute atomic E-state index is 10.3. The van der Waals surface area contributed by atoms with E-state index in [1.165, 1.54) is 0 Å². The molecule has 0 aliphatic heterocycles. The molecule has 0 aromatic carbocycles. The van der Waals surface area contributed by atoms with Crippen molar-refractivity contribution in [2.75, 3.05) is 0 Å². The van der Waals surface area contributed by atoms with Crippen molar-refractivity contribution in [3.8, 4) is 0 Å². The van der Waals surface area contributed by atoms with Crippen LogP contribution in [-0.4, -0.2) is 11.9 Å². The van der Waals surface area contributed by atoms with Crippen molar-refractivity contribution in [2.45, 2.75) is 20.3 Å². The van der Waals surface area contributed by atoms with Gasteiger partial charge in [0.2, 0.25) is 0 Å². The van der Waals surface area contributed by atoms with Crippen molar-refractivity contribution in [3.63, 3.8) is 0 Å². The SMILES string of the molecule is CC(C)C/C(=C/C(=O)[O-])C(=O)[O-].[Zn+2]. The quantitative estimate of drug-likeness (QED) is 0.437. The number of carbonyl (C=O) groups excluding carboxylic acids is 2. The molecule has 0 amide bonds. The molecule has 0 aliphatic carbocycles. The zero-order valence-electron chi connectivity index (χ0n) is 7.70. The molecule has 0 aliphatic rings. The first kappa shape index (κ1) is 14.8. The summed E-state index contributed by atoms with van der Waals surface area (Å²) in [5.41, 5.74) is -0.231. The summed E-state index contributed by atoms with van der Waals surface area (Å²) in [5, 5.41) is 20.3. The fourth-order valence-corrected chi connectivity index (χ4v) is 0.783. The minimum absolute atomic E-state index is 0. The van der Waals surface area contributed by atoms with Crippen molar-refractivity contribution in [3.05, 3.63) is 11.6 Å². The maximum atomic E-state index is 10.3. The minimum Gasteiger partial charge on any atom is -0.545 e. The van der Waals surface area contributed by atoms with Crippen LogP contribution in [0.4, 0.5) is 0 Å². The summed E-state index contributed by atoms with van der Waals surface area (Å²) < 4.78 is 0. The molecule has 0 radical (unpaired) electrons. The van der Waals surface area contributed by atoms with Crippen LogP contribution in [0.25, 0.3) is 0 Å². The number of carbonyl (C=O) groups is 2. The monoisotopic (exact) mass is 234 g/mol. The van der Waals surface area contributed by atoms with Gasteiger partial charge >= 0.3 is 19.5 Å². The van der Waals surface area contributed by atoms with E-state index in [1.54, 1.807) is 13.8 Å². The normalized spacial score (nSPS) is 10.8. The van der Waals surface area contributed by atoms with Gasteiger partial charge in [-0.15, -0.1) is 0 Å². The van der Waals surface area contributed by atoms with E-state index in [1.807, 2.05) is 0 Å². The second-order valence-electron chi connectivity index (χ2n) is 2.87. The van der Waals surface area contributed by atoms with Crippen molar-refractivity contribution in [1.29, 1.82) is 0 Å². The van der Waals surface area contributed by atoms with E-state index >= 15 is 0 Å². The third-order valence-corrected chi connectivity index (χ3v) is 1.18. The molecule has 0 N–H and O–H groups in total. The smallest absolute Gasteiger partial charge is 0.545 e. The molecular formula is C8H10O4Zn. The van der Waals surface area contributed by atoms with Gasteiger partial charge in [-0.05, 0) is 24.0 Å². The molecule has 4 nitrogen and oxygen atoms in total. The standard InChI is InChI=1S/C8H12O4.Zn/c1-5(2)3-6(8(11)12)4-7(9)10;/h4-5H,3H2,1-2H3,(H,9,10)(H,11,12);/q;+2/p-2/b6-4-;. The van der Waals surface area contributed by atoms with Gasteiger partial charge in [0.25, 0.3) is 0 Å². The molecule has 0 saturated heterocycles. The Morgan fingerprint density at radius 2 is 1.77 bits per heavy atom. The second-order valence-corrected chi connectivity index (χ2v) is 2.87. The van der Waals surface area contributed by atoms with Gasteiger partial charge in [0.15, 0.2) is 0 Å². The van der Waals surface area contributed by atoms with Crippen molar-refractivity contribution >= 4 is 11.9 Å². The van der Waals surface area contributed by atoms with Crippen molar-refractivity contribution < 1.29 is 39.3 Å². The van der Waals surface area contributed by atoms with Gasteiger partial charge in [0, 0.05) is 0 Å². The topological polar surface area (TPSA) is 80.3 Å². The van der Waals surface area contributed by atoms with Gasteiger partial charge in [0.05, 0.1) is 11.9 Å². The van der Waals surface area contributed by atoms with Gasteiger partial charge in [-0.3, -0.25) is 0 Å². The van der Waals surface area contributed by atoms with Crippen LogP contribution in [0.2, 0.25) is 0 Å². The summed E-state index contributed by atoms with van der Waals surface area (Å²) >= 11 is 0. The third kappa shape index (κ3) is 7.66. The first-order chi connectivity index (χ1) is 5.43. The summed E-state index contributed by atoms with van der Waals surface area (Å²) in [7, 11) is 0. The summed E-state index contributed by atoms with van der Waals surface area (Å²) in [6.45, 7) is 3.57. The molecule has 13 heavy (non-hydrogen) atoms. The van der Waals surface area contributed by atoms with Gasteiger partial charge in [-0.2, -0.15) is 0 Å². The molecular weight excluding hydrogens is 225 g/mol. The van der Waals surface area contributed by atoms with E-state index in [0.29, 0.717) is 6.08 Å². The van der Waals surface area contributed by atoms with E-state index < -0.39 is 11.9 Å². The molecule has 0 aromatic heterocycles. The number of carboxylic acids is 2. The van der Waals surface area contributed by atoms with Gasteiger partial charge in [-0.25, -0.2) is 0 Å². The van der Waals surface area contributed by atoms with Crippen LogP contribution in [0.5, 0.6) is 0 Å². The van der Waals surface area contributed by atoms with Crippen molar-refractivity contribution in [1.82, 2.24) is 0 Å². The Kier molecular flexibility index (Phi) is 7.72. The molecule has 0 aromatic rings. The maximum Gasteiger partial charge on any atom is 2.00 e. The number of carboxylic acid groups (broad SMARTS) is 2. The van der Waals surface area contributed by atoms with E-state index in [-0.39, 0.29) is 37.4 Å². The first-order valence-corrected chi connectivity index (χ1v) is 3.56. The first-order valence-electron chi connectivity index (χ1n) is 3.56. The number of hydrogen-bond donors (Lipinski definition) is 0. The Morgan fingerprint density at radius 1 is 1.31 bits per heavy atom. The molecule has 68 valence electrons. The van der Waals surface area contributed by atoms with Gasteiger partial charge in [0.1, 0.15) is 0 Å². The zero-order valence-corrected chi connectivity index (χ0v) is 10.7. The third-order valence-electron chi connectivity index (χ3n) is 1.18. The van der Waals surface area contributed by atoms with E-state index in [9.17, 15) is 19.8 Å². The predicted octanol–water partition coefficient (Wildman–Crippen LogP) is -1.54. The summed E-state index contributed by atoms with van der Waals surface area (Å²) in [4.78, 5) is 20.3. The van der Waals surface area contributed by atoms with Crippen LogP contribution in [0.15, 0.2) is 11.6 Å².